The van der Waals surface area contributed by atoms with Gasteiger partial charge in [-0.2, -0.15) is 0 Å². The van der Waals surface area contributed by atoms with Crippen LogP contribution in [0, 0.1) is 0 Å². The molecule has 0 aromatic carbocycles. The van der Waals surface area contributed by atoms with E-state index in [0.717, 1.165) is 64.2 Å². The van der Waals surface area contributed by atoms with Crippen molar-refractivity contribution in [3.05, 3.63) is 12.2 Å². The fourth-order valence-electron chi connectivity index (χ4n) is 9.59. The van der Waals surface area contributed by atoms with Crippen LogP contribution in [-0.2, 0) is 23.7 Å². The molecule has 0 radical (unpaired) electrons. The van der Waals surface area contributed by atoms with E-state index >= 15 is 0 Å². The lowest BCUT2D eigenvalue weighted by Crippen LogP contribution is -2.65. The number of nitrogens with one attached hydrogen (secondary N) is 1. The molecule has 0 aromatic rings. The zero-order valence-corrected chi connectivity index (χ0v) is 43.6. The molecule has 0 spiro atoms. The highest BCUT2D eigenvalue weighted by Gasteiger charge is 2.51. The summed E-state index contributed by atoms with van der Waals surface area (Å²) in [6.45, 7) is 2.86. The third kappa shape index (κ3) is 28.7. The molecule has 0 aromatic heterocycles. The summed E-state index contributed by atoms with van der Waals surface area (Å²) in [5, 5.41) is 87.1. The maximum Gasteiger partial charge on any atom is 0.220 e. The Labute approximate surface area is 418 Å². The Morgan fingerprint density at radius 2 is 0.913 bits per heavy atom. The number of hydrogen-bond acceptors (Lipinski definition) is 13. The van der Waals surface area contributed by atoms with Gasteiger partial charge < -0.3 is 65.1 Å². The van der Waals surface area contributed by atoms with Crippen LogP contribution in [0.2, 0.25) is 0 Å². The van der Waals surface area contributed by atoms with E-state index < -0.39 is 86.8 Å². The number of aliphatic hydroxyl groups excluding tert-OH is 8. The summed E-state index contributed by atoms with van der Waals surface area (Å²) in [7, 11) is 0. The Morgan fingerprint density at radius 3 is 1.38 bits per heavy atom. The summed E-state index contributed by atoms with van der Waals surface area (Å²) in [5.41, 5.74) is 0. The van der Waals surface area contributed by atoms with Crippen LogP contribution in [0.3, 0.4) is 0 Å². The largest absolute Gasteiger partial charge is 0.394 e. The van der Waals surface area contributed by atoms with Crippen LogP contribution in [0.5, 0.6) is 0 Å². The second-order valence-corrected chi connectivity index (χ2v) is 20.4. The molecule has 9 N–H and O–H groups in total. The standard InChI is InChI=1S/C55H105NO13/c1-3-5-7-9-11-13-15-17-19-20-21-22-23-24-25-26-28-30-32-34-36-38-44(59)43(56-47(60)39-37-35-33-31-29-27-18-16-14-12-10-8-6-4-2)42-66-54-52(65)50(63)53(46(41-58)68-54)69-55-51(64)49(62)48(61)45(40-57)67-55/h16,18,43-46,48-55,57-59,61-65H,3-15,17,19-42H2,1-2H3,(H,56,60)/b18-16-. The van der Waals surface area contributed by atoms with Crippen LogP contribution in [0.25, 0.3) is 0 Å². The third-order valence-electron chi connectivity index (χ3n) is 14.2. The first-order chi connectivity index (χ1) is 33.6. The molecular formula is C55H105NO13. The van der Waals surface area contributed by atoms with Gasteiger partial charge in [-0.1, -0.05) is 206 Å². The van der Waals surface area contributed by atoms with E-state index in [1.54, 1.807) is 0 Å². The normalized spacial score (nSPS) is 26.2. The van der Waals surface area contributed by atoms with Gasteiger partial charge >= 0.3 is 0 Å². The quantitative estimate of drug-likeness (QED) is 0.0206. The molecule has 408 valence electrons. The molecule has 12 unspecified atom stereocenters. The second kappa shape index (κ2) is 42.1. The van der Waals surface area contributed by atoms with Gasteiger partial charge in [0.2, 0.25) is 5.91 Å². The fourth-order valence-corrected chi connectivity index (χ4v) is 9.59. The van der Waals surface area contributed by atoms with Gasteiger partial charge in [-0.05, 0) is 38.5 Å². The number of carbonyl (C=O) groups excluding carboxylic acids is 1. The number of amides is 1. The molecule has 2 aliphatic rings. The van der Waals surface area contributed by atoms with Gasteiger partial charge in [-0.3, -0.25) is 4.79 Å². The van der Waals surface area contributed by atoms with Crippen LogP contribution in [0.15, 0.2) is 12.2 Å². The van der Waals surface area contributed by atoms with Crippen LogP contribution >= 0.6 is 0 Å². The summed E-state index contributed by atoms with van der Waals surface area (Å²) in [4.78, 5) is 13.2. The van der Waals surface area contributed by atoms with Gasteiger partial charge in [0.25, 0.3) is 0 Å². The molecule has 2 saturated heterocycles. The number of aliphatic hydroxyl groups is 8. The van der Waals surface area contributed by atoms with Gasteiger partial charge in [-0.25, -0.2) is 0 Å². The molecule has 14 nitrogen and oxygen atoms in total. The molecule has 14 heteroatoms. The predicted molar refractivity (Wildman–Crippen MR) is 272 cm³/mol. The van der Waals surface area contributed by atoms with E-state index in [0.29, 0.717) is 19.3 Å². The summed E-state index contributed by atoms with van der Waals surface area (Å²) in [6, 6.07) is -0.829. The van der Waals surface area contributed by atoms with E-state index in [1.165, 1.54) is 141 Å². The van der Waals surface area contributed by atoms with Crippen LogP contribution < -0.4 is 5.32 Å². The Balaban J connectivity index is 1.77. The minimum atomic E-state index is -1.78. The summed E-state index contributed by atoms with van der Waals surface area (Å²) < 4.78 is 22.8. The molecule has 2 fully saturated rings. The van der Waals surface area contributed by atoms with Gasteiger partial charge in [-0.15, -0.1) is 0 Å². The number of hydrogen-bond donors (Lipinski definition) is 9. The number of unbranched alkanes of at least 4 members (excludes halogenated alkanes) is 30. The maximum atomic E-state index is 13.2. The van der Waals surface area contributed by atoms with Crippen molar-refractivity contribution >= 4 is 5.91 Å². The van der Waals surface area contributed by atoms with Crippen molar-refractivity contribution in [1.82, 2.24) is 5.32 Å². The van der Waals surface area contributed by atoms with E-state index in [9.17, 15) is 45.6 Å². The molecule has 12 atom stereocenters. The van der Waals surface area contributed by atoms with E-state index in [4.69, 9.17) is 18.9 Å². The first kappa shape index (κ1) is 63.8. The highest BCUT2D eigenvalue weighted by Crippen LogP contribution is 2.30. The minimum absolute atomic E-state index is 0.213. The highest BCUT2D eigenvalue weighted by molar-refractivity contribution is 5.76. The van der Waals surface area contributed by atoms with Crippen molar-refractivity contribution in [3.63, 3.8) is 0 Å². The van der Waals surface area contributed by atoms with Crippen LogP contribution in [0.1, 0.15) is 239 Å². The average Bonchev–Trinajstić information content (AvgIpc) is 3.35. The molecule has 0 aliphatic carbocycles. The zero-order valence-electron chi connectivity index (χ0n) is 43.6. The number of allylic oxidation sites excluding steroid dienone is 2. The van der Waals surface area contributed by atoms with Crippen LogP contribution in [-0.4, -0.2) is 140 Å². The first-order valence-corrected chi connectivity index (χ1v) is 28.4. The first-order valence-electron chi connectivity index (χ1n) is 28.4. The smallest absolute Gasteiger partial charge is 0.220 e. The van der Waals surface area contributed by atoms with Gasteiger partial charge in [0.05, 0.1) is 32.0 Å². The van der Waals surface area contributed by atoms with Gasteiger partial charge in [0, 0.05) is 6.42 Å². The Kier molecular flexibility index (Phi) is 39.0. The second-order valence-electron chi connectivity index (χ2n) is 20.4. The average molecular weight is 988 g/mol. The molecule has 2 heterocycles. The van der Waals surface area contributed by atoms with Crippen molar-refractivity contribution < 1.29 is 64.6 Å². The topological polar surface area (TPSA) is 228 Å². The van der Waals surface area contributed by atoms with Gasteiger partial charge in [0.15, 0.2) is 12.6 Å². The number of ether oxygens (including phenoxy) is 4. The molecule has 2 aliphatic heterocycles. The Morgan fingerprint density at radius 1 is 0.507 bits per heavy atom. The lowest BCUT2D eigenvalue weighted by Gasteiger charge is -2.46. The summed E-state index contributed by atoms with van der Waals surface area (Å²) in [6.07, 6.45) is 29.2. The van der Waals surface area contributed by atoms with E-state index in [2.05, 4.69) is 31.3 Å². The summed E-state index contributed by atoms with van der Waals surface area (Å²) in [5.74, 6) is -0.213. The SMILES string of the molecule is CCCCCCC/C=C\CCCCCCCC(=O)NC(COC1OC(CO)C(OC2OC(CO)C(O)C(O)C2O)C(O)C1O)C(O)CCCCCCCCCCCCCCCCCCCCCCC. The minimum Gasteiger partial charge on any atom is -0.394 e. The van der Waals surface area contributed by atoms with Crippen molar-refractivity contribution in [2.24, 2.45) is 0 Å². The third-order valence-corrected chi connectivity index (χ3v) is 14.2. The maximum absolute atomic E-state index is 13.2. The number of carbonyl (C=O) groups is 1. The monoisotopic (exact) mass is 988 g/mol. The fraction of sp³-hybridized carbons (Fsp3) is 0.945. The molecule has 1 amide bonds. The summed E-state index contributed by atoms with van der Waals surface area (Å²) >= 11 is 0. The Hall–Kier alpha value is -1.27. The molecule has 0 saturated carbocycles. The molecule has 69 heavy (non-hydrogen) atoms. The lowest BCUT2D eigenvalue weighted by atomic mass is 9.97. The van der Waals surface area contributed by atoms with E-state index in [-0.39, 0.29) is 12.5 Å². The Bertz CT molecular complexity index is 1210. The molecule has 0 bridgehead atoms. The van der Waals surface area contributed by atoms with Gasteiger partial charge in [0.1, 0.15) is 48.8 Å². The van der Waals surface area contributed by atoms with E-state index in [1.807, 2.05) is 0 Å². The predicted octanol–water partition coefficient (Wildman–Crippen LogP) is 8.72. The van der Waals surface area contributed by atoms with Crippen molar-refractivity contribution in [2.75, 3.05) is 19.8 Å². The van der Waals surface area contributed by atoms with Crippen LogP contribution in [0.4, 0.5) is 0 Å². The van der Waals surface area contributed by atoms with Crippen molar-refractivity contribution in [2.45, 2.75) is 312 Å². The zero-order chi connectivity index (χ0) is 50.3. The lowest BCUT2D eigenvalue weighted by molar-refractivity contribution is -0.359. The molecular weight excluding hydrogens is 883 g/mol. The van der Waals surface area contributed by atoms with Crippen molar-refractivity contribution in [1.29, 1.82) is 0 Å². The molecule has 2 rings (SSSR count). The highest BCUT2D eigenvalue weighted by atomic mass is 16.7. The van der Waals surface area contributed by atoms with Crippen molar-refractivity contribution in [3.8, 4) is 0 Å². The number of rotatable bonds is 45.